The smallest absolute Gasteiger partial charge is 0.00200 e. The molecule has 16 heavy (non-hydrogen) atoms. The molecule has 88 valence electrons. The van der Waals surface area contributed by atoms with E-state index >= 15 is 0 Å². The minimum atomic E-state index is 0.427. The van der Waals surface area contributed by atoms with Crippen molar-refractivity contribution in [2.45, 2.75) is 25.7 Å². The Morgan fingerprint density at radius 2 is 1.94 bits per heavy atom. The van der Waals surface area contributed by atoms with E-state index in [1.807, 2.05) is 0 Å². The molecule has 0 spiro atoms. The van der Waals surface area contributed by atoms with Crippen LogP contribution in [0, 0.1) is 5.41 Å². The fraction of sp³-hybridized carbons (Fsp3) is 0.571. The van der Waals surface area contributed by atoms with E-state index in [-0.39, 0.29) is 0 Å². The van der Waals surface area contributed by atoms with Gasteiger partial charge < -0.3 is 11.1 Å². The summed E-state index contributed by atoms with van der Waals surface area (Å²) in [6, 6.07) is 10.6. The Balaban J connectivity index is 1.65. The third-order valence-electron chi connectivity index (χ3n) is 3.78. The average Bonchev–Trinajstić information content (AvgIpc) is 2.29. The van der Waals surface area contributed by atoms with Gasteiger partial charge in [-0.05, 0) is 43.3 Å². The summed E-state index contributed by atoms with van der Waals surface area (Å²) in [6.45, 7) is 2.99. The van der Waals surface area contributed by atoms with Crippen LogP contribution in [0.15, 0.2) is 30.3 Å². The van der Waals surface area contributed by atoms with Crippen LogP contribution < -0.4 is 11.1 Å². The summed E-state index contributed by atoms with van der Waals surface area (Å²) >= 11 is 0. The topological polar surface area (TPSA) is 38.0 Å². The first-order valence-electron chi connectivity index (χ1n) is 6.29. The zero-order chi connectivity index (χ0) is 11.3. The van der Waals surface area contributed by atoms with E-state index in [4.69, 9.17) is 5.73 Å². The lowest BCUT2D eigenvalue weighted by atomic mass is 9.69. The summed E-state index contributed by atoms with van der Waals surface area (Å²) in [5.41, 5.74) is 7.66. The van der Waals surface area contributed by atoms with E-state index in [0.717, 1.165) is 26.1 Å². The number of benzene rings is 1. The van der Waals surface area contributed by atoms with Crippen LogP contribution in [-0.2, 0) is 6.42 Å². The van der Waals surface area contributed by atoms with E-state index < -0.39 is 0 Å². The first-order chi connectivity index (χ1) is 7.85. The van der Waals surface area contributed by atoms with Gasteiger partial charge in [0.25, 0.3) is 0 Å². The molecule has 1 saturated carbocycles. The molecule has 0 saturated heterocycles. The van der Waals surface area contributed by atoms with Gasteiger partial charge in [0.1, 0.15) is 0 Å². The van der Waals surface area contributed by atoms with Crippen molar-refractivity contribution in [3.63, 3.8) is 0 Å². The van der Waals surface area contributed by atoms with E-state index in [0.29, 0.717) is 5.41 Å². The first kappa shape index (κ1) is 11.6. The zero-order valence-electron chi connectivity index (χ0n) is 9.91. The molecule has 0 unspecified atom stereocenters. The molecule has 1 aliphatic rings. The standard InChI is InChI=1S/C14H22N2/c15-11-14(8-4-9-14)12-16-10-7-13-5-2-1-3-6-13/h1-3,5-6,16H,4,7-12,15H2. The summed E-state index contributed by atoms with van der Waals surface area (Å²) in [7, 11) is 0. The SMILES string of the molecule is NCC1(CNCCc2ccccc2)CCC1. The van der Waals surface area contributed by atoms with E-state index in [1.165, 1.54) is 24.8 Å². The minimum absolute atomic E-state index is 0.427. The van der Waals surface area contributed by atoms with Crippen LogP contribution >= 0.6 is 0 Å². The van der Waals surface area contributed by atoms with Gasteiger partial charge in [0.2, 0.25) is 0 Å². The zero-order valence-corrected chi connectivity index (χ0v) is 9.91. The maximum Gasteiger partial charge on any atom is 0.00200 e. The number of nitrogens with two attached hydrogens (primary N) is 1. The Kier molecular flexibility index (Phi) is 3.97. The second-order valence-corrected chi connectivity index (χ2v) is 4.97. The van der Waals surface area contributed by atoms with Gasteiger partial charge in [0.05, 0.1) is 0 Å². The summed E-state index contributed by atoms with van der Waals surface area (Å²) in [6.07, 6.45) is 5.09. The van der Waals surface area contributed by atoms with Gasteiger partial charge >= 0.3 is 0 Å². The third-order valence-corrected chi connectivity index (χ3v) is 3.78. The number of nitrogens with one attached hydrogen (secondary N) is 1. The Bertz CT molecular complexity index is 298. The van der Waals surface area contributed by atoms with Crippen molar-refractivity contribution in [1.29, 1.82) is 0 Å². The molecule has 0 amide bonds. The van der Waals surface area contributed by atoms with Crippen LogP contribution in [0.3, 0.4) is 0 Å². The van der Waals surface area contributed by atoms with Crippen LogP contribution in [0.2, 0.25) is 0 Å². The molecule has 3 N–H and O–H groups in total. The summed E-state index contributed by atoms with van der Waals surface area (Å²) in [5.74, 6) is 0. The highest BCUT2D eigenvalue weighted by Crippen LogP contribution is 2.38. The van der Waals surface area contributed by atoms with Crippen LogP contribution in [0.5, 0.6) is 0 Å². The van der Waals surface area contributed by atoms with Crippen LogP contribution in [0.4, 0.5) is 0 Å². The van der Waals surface area contributed by atoms with Gasteiger partial charge in [-0.25, -0.2) is 0 Å². The monoisotopic (exact) mass is 218 g/mol. The van der Waals surface area contributed by atoms with E-state index in [2.05, 4.69) is 35.6 Å². The fourth-order valence-electron chi connectivity index (χ4n) is 2.36. The highest BCUT2D eigenvalue weighted by molar-refractivity contribution is 5.14. The molecule has 0 bridgehead atoms. The van der Waals surface area contributed by atoms with Gasteiger partial charge in [-0.15, -0.1) is 0 Å². The lowest BCUT2D eigenvalue weighted by molar-refractivity contribution is 0.141. The molecule has 1 aromatic rings. The molecule has 2 nitrogen and oxygen atoms in total. The van der Waals surface area contributed by atoms with Gasteiger partial charge in [0.15, 0.2) is 0 Å². The number of hydrogen-bond donors (Lipinski definition) is 2. The van der Waals surface area contributed by atoms with Crippen LogP contribution in [0.25, 0.3) is 0 Å². The van der Waals surface area contributed by atoms with Gasteiger partial charge in [-0.3, -0.25) is 0 Å². The molecular formula is C14H22N2. The maximum absolute atomic E-state index is 5.82. The predicted octanol–water partition coefficient (Wildman–Crippen LogP) is 1.95. The number of rotatable bonds is 6. The quantitative estimate of drug-likeness (QED) is 0.716. The largest absolute Gasteiger partial charge is 0.330 e. The number of hydrogen-bond acceptors (Lipinski definition) is 2. The predicted molar refractivity (Wildman–Crippen MR) is 68.4 cm³/mol. The van der Waals surface area contributed by atoms with Crippen LogP contribution in [-0.4, -0.2) is 19.6 Å². The lowest BCUT2D eigenvalue weighted by Gasteiger charge is -2.41. The van der Waals surface area contributed by atoms with Crippen molar-refractivity contribution in [2.24, 2.45) is 11.1 Å². The molecule has 1 fully saturated rings. The second-order valence-electron chi connectivity index (χ2n) is 4.97. The molecule has 0 radical (unpaired) electrons. The molecule has 0 aromatic heterocycles. The highest BCUT2D eigenvalue weighted by atomic mass is 14.9. The minimum Gasteiger partial charge on any atom is -0.330 e. The fourth-order valence-corrected chi connectivity index (χ4v) is 2.36. The van der Waals surface area contributed by atoms with Crippen molar-refractivity contribution in [1.82, 2.24) is 5.32 Å². The summed E-state index contributed by atoms with van der Waals surface area (Å²) in [5, 5.41) is 3.55. The van der Waals surface area contributed by atoms with Crippen molar-refractivity contribution in [3.8, 4) is 0 Å². The molecule has 0 heterocycles. The van der Waals surface area contributed by atoms with Crippen molar-refractivity contribution >= 4 is 0 Å². The summed E-state index contributed by atoms with van der Waals surface area (Å²) in [4.78, 5) is 0. The molecule has 1 aliphatic carbocycles. The second kappa shape index (κ2) is 5.46. The van der Waals surface area contributed by atoms with Crippen LogP contribution in [0.1, 0.15) is 24.8 Å². The molecule has 2 rings (SSSR count). The third kappa shape index (κ3) is 2.83. The van der Waals surface area contributed by atoms with Crippen molar-refractivity contribution in [3.05, 3.63) is 35.9 Å². The Morgan fingerprint density at radius 1 is 1.19 bits per heavy atom. The molecule has 1 aromatic carbocycles. The molecule has 2 heteroatoms. The first-order valence-corrected chi connectivity index (χ1v) is 6.29. The van der Waals surface area contributed by atoms with E-state index in [9.17, 15) is 0 Å². The van der Waals surface area contributed by atoms with Crippen molar-refractivity contribution in [2.75, 3.05) is 19.6 Å². The molecule has 0 aliphatic heterocycles. The van der Waals surface area contributed by atoms with Gasteiger partial charge in [-0.2, -0.15) is 0 Å². The summed E-state index contributed by atoms with van der Waals surface area (Å²) < 4.78 is 0. The van der Waals surface area contributed by atoms with Gasteiger partial charge in [-0.1, -0.05) is 36.8 Å². The Morgan fingerprint density at radius 3 is 2.50 bits per heavy atom. The van der Waals surface area contributed by atoms with Crippen molar-refractivity contribution < 1.29 is 0 Å². The molecular weight excluding hydrogens is 196 g/mol. The Hall–Kier alpha value is -0.860. The van der Waals surface area contributed by atoms with Gasteiger partial charge in [0, 0.05) is 6.54 Å². The average molecular weight is 218 g/mol. The Labute approximate surface area is 98.2 Å². The maximum atomic E-state index is 5.82. The molecule has 0 atom stereocenters. The van der Waals surface area contributed by atoms with E-state index in [1.54, 1.807) is 0 Å². The lowest BCUT2D eigenvalue weighted by Crippen LogP contribution is -2.45. The highest BCUT2D eigenvalue weighted by Gasteiger charge is 2.34. The normalized spacial score (nSPS) is 18.1.